The molecule has 4 N–H and O–H groups in total. The van der Waals surface area contributed by atoms with Gasteiger partial charge in [-0.05, 0) is 119 Å². The maximum absolute atomic E-state index is 12.1. The summed E-state index contributed by atoms with van der Waals surface area (Å²) in [6, 6.07) is 9.03. The molecule has 2 unspecified atom stereocenters. The number of likely N-dealkylation sites (tertiary alicyclic amines) is 1. The number of methoxy groups -OCH3 is 4. The number of aliphatic hydroxyl groups is 2. The van der Waals surface area contributed by atoms with Gasteiger partial charge in [0.1, 0.15) is 23.4 Å². The van der Waals surface area contributed by atoms with Gasteiger partial charge in [0.25, 0.3) is 0 Å². The maximum atomic E-state index is 12.1. The number of fused-ring (bicyclic) bond motifs is 4. The Morgan fingerprint density at radius 1 is 0.610 bits per heavy atom. The van der Waals surface area contributed by atoms with Gasteiger partial charge >= 0.3 is 51.4 Å². The van der Waals surface area contributed by atoms with Gasteiger partial charge in [0.05, 0.1) is 25.4 Å². The van der Waals surface area contributed by atoms with Crippen LogP contribution in [0.5, 0.6) is 23.0 Å². The van der Waals surface area contributed by atoms with Gasteiger partial charge in [0.15, 0.2) is 29.2 Å². The van der Waals surface area contributed by atoms with Crippen molar-refractivity contribution in [3.63, 3.8) is 0 Å². The van der Waals surface area contributed by atoms with Crippen molar-refractivity contribution < 1.29 is 376 Å². The molecule has 2 aromatic rings. The van der Waals surface area contributed by atoms with E-state index in [9.17, 15) is 15.5 Å². The van der Waals surface area contributed by atoms with Crippen molar-refractivity contribution in [1.29, 1.82) is 5.26 Å². The normalized spacial score (nSPS) is 35.5. The molecule has 12 nitrogen and oxygen atoms in total. The first-order valence-electron chi connectivity index (χ1n) is 24.3. The van der Waals surface area contributed by atoms with Crippen LogP contribution in [0.15, 0.2) is 24.3 Å². The number of nitriles is 1. The third-order valence-electron chi connectivity index (χ3n) is 21.5. The second kappa shape index (κ2) is 30.8. The molecule has 6 saturated carbocycles. The molecule has 398 valence electrons. The number of piperidine rings is 2. The van der Waals surface area contributed by atoms with E-state index in [1.807, 2.05) is 31.9 Å². The molecule has 6 radical (unpaired) electrons. The van der Waals surface area contributed by atoms with E-state index in [4.69, 9.17) is 28.4 Å². The largest absolute Gasteiger partial charge is 1.00 e. The Hall–Kier alpha value is 7.92. The Kier molecular flexibility index (Phi) is 35.6. The molecule has 2 aromatic carbocycles. The standard InChI is InChI=1S/C27H36N2O4.C26H37NO4.2B.K.H2O.9U/c1-23(2,3)24(4,30)18-14-25-9-10-27(18,32-6)22-26(25)11-12-29(15-28)19(25)13-16-7-8-17(31-5)21(33-22)20(16)26;1-22(2,3)23(4,28)17-14-24-9-10-26(17,30-6)21-25(24)11-12-27-18(24)13-15-7-8-16(29-5)20(31-21)19(15)25;;;;;;;;;;;;;/h7-8,18-19,22,30H,9-14H2,1-6H3;7-8,17-18,21,27-28H,9-14H2,1-6H3;;;;1H2;;;;;;;;;/q;;;;+1;;;;;;;;;;/p-1/t18-,19-,22-,24-,25?,26+,27+;17-,18-,21-,23-,24?,25+,26+;;;;;;;;;;;;;/m11............./s1. The topological polar surface area (TPSA) is 165 Å². The number of rotatable bonds is 6. The molecule has 8 bridgehead atoms. The summed E-state index contributed by atoms with van der Waals surface area (Å²) in [5.41, 5.74) is 1.45. The van der Waals surface area contributed by atoms with Crippen LogP contribution in [0, 0.1) is 325 Å². The van der Waals surface area contributed by atoms with E-state index in [2.05, 4.69) is 71.3 Å². The summed E-state index contributed by atoms with van der Waals surface area (Å²) in [6.45, 7) is 18.5. The van der Waals surface area contributed by atoms with Gasteiger partial charge in [-0.3, -0.25) is 0 Å². The van der Waals surface area contributed by atoms with Crippen molar-refractivity contribution in [3.8, 4) is 29.2 Å². The SMILES string of the molecule is COc1ccc2c3c1O[C@H]1[C@]4(OC)CCC5(C[C@@H]4[C@@](C)(O)C(C)(C)C)[C@@H](C2)N(C#N)CC[C@]315.COc1ccc2c3c1O[C@H]1[C@]4(OC)CCC5(C[C@@H]4[C@@](C)(O)C(C)(C)C)[C@@H](C2)NCC[C@]315.[B].[B].[K+].[OH-].[U].[U].[U].[U].[U].[U].[U].[U].[U]. The molecule has 8 aliphatic carbocycles. The third kappa shape index (κ3) is 11.8. The van der Waals surface area contributed by atoms with Crippen molar-refractivity contribution in [1.82, 2.24) is 10.2 Å². The van der Waals surface area contributed by atoms with Crippen LogP contribution in [0.25, 0.3) is 0 Å². The zero-order chi connectivity index (χ0) is 45.6. The van der Waals surface area contributed by atoms with Crippen LogP contribution in [0.3, 0.4) is 0 Å². The number of hydrogen-bond acceptors (Lipinski definition) is 12. The second-order valence-electron chi connectivity index (χ2n) is 24.4. The molecule has 14 atom stereocenters. The molecular formula is C53H74B2KN3O9U9. The molecule has 0 aromatic heterocycles. The second-order valence-corrected chi connectivity index (χ2v) is 24.4. The van der Waals surface area contributed by atoms with Crippen molar-refractivity contribution in [3.05, 3.63) is 46.5 Å². The van der Waals surface area contributed by atoms with Crippen molar-refractivity contribution in [2.24, 2.45) is 33.5 Å². The van der Waals surface area contributed by atoms with E-state index in [1.165, 1.54) is 22.3 Å². The summed E-state index contributed by atoms with van der Waals surface area (Å²) < 4.78 is 38.6. The van der Waals surface area contributed by atoms with Gasteiger partial charge in [0.2, 0.25) is 0 Å². The predicted octanol–water partition coefficient (Wildman–Crippen LogP) is 3.45. The zero-order valence-corrected chi connectivity index (χ0v) is 88.2. The summed E-state index contributed by atoms with van der Waals surface area (Å²) in [7, 11) is 7.08. The summed E-state index contributed by atoms with van der Waals surface area (Å²) in [6.07, 6.45) is 11.7. The third-order valence-corrected chi connectivity index (χ3v) is 21.5. The smallest absolute Gasteiger partial charge is 0.870 e. The monoisotopic (exact) mass is 3100 g/mol. The Morgan fingerprint density at radius 3 is 1.42 bits per heavy atom. The van der Waals surface area contributed by atoms with E-state index in [0.29, 0.717) is 6.04 Å². The van der Waals surface area contributed by atoms with Crippen LogP contribution in [-0.4, -0.2) is 126 Å². The Morgan fingerprint density at radius 2 is 1.01 bits per heavy atom. The Bertz CT molecular complexity index is 2410. The van der Waals surface area contributed by atoms with Crippen LogP contribution < -0.4 is 75.6 Å². The van der Waals surface area contributed by atoms with E-state index in [-0.39, 0.29) is 416 Å². The molecule has 4 spiro atoms. The minimum Gasteiger partial charge on any atom is -0.870 e. The number of nitrogens with zero attached hydrogens (tertiary/aromatic N) is 2. The van der Waals surface area contributed by atoms with Gasteiger partial charge in [0, 0.05) is 374 Å². The molecule has 0 amide bonds. The first-order valence-corrected chi connectivity index (χ1v) is 24.3. The number of nitrogens with one attached hydrogen (secondary N) is 1. The summed E-state index contributed by atoms with van der Waals surface area (Å²) in [5.74, 6) is 3.31. The van der Waals surface area contributed by atoms with Crippen LogP contribution in [0.4, 0.5) is 0 Å². The minimum atomic E-state index is -0.966. The van der Waals surface area contributed by atoms with Crippen molar-refractivity contribution >= 4 is 16.8 Å². The maximum Gasteiger partial charge on any atom is 1.00 e. The average molecular weight is 3100 g/mol. The van der Waals surface area contributed by atoms with Crippen LogP contribution >= 0.6 is 0 Å². The molecule has 8 fully saturated rings. The first-order chi connectivity index (χ1) is 30.1. The van der Waals surface area contributed by atoms with Crippen LogP contribution in [-0.2, 0) is 33.1 Å². The fourth-order valence-corrected chi connectivity index (χ4v) is 17.6. The average Bonchev–Trinajstić information content (AvgIpc) is 3.82. The summed E-state index contributed by atoms with van der Waals surface area (Å²) >= 11 is 0. The number of hydrogen-bond donors (Lipinski definition) is 3. The van der Waals surface area contributed by atoms with Gasteiger partial charge in [-0.15, -0.1) is 0 Å². The Labute approximate surface area is 720 Å². The molecule has 4 aliphatic heterocycles. The molecule has 77 heavy (non-hydrogen) atoms. The fraction of sp³-hybridized carbons (Fsp3) is 0.755. The van der Waals surface area contributed by atoms with E-state index >= 15 is 0 Å². The summed E-state index contributed by atoms with van der Waals surface area (Å²) in [5, 5.41) is 38.2. The van der Waals surface area contributed by atoms with Gasteiger partial charge < -0.3 is 54.3 Å². The quantitative estimate of drug-likeness (QED) is 0.286. The zero-order valence-electron chi connectivity index (χ0n) is 47.6. The molecule has 4 heterocycles. The van der Waals surface area contributed by atoms with Crippen LogP contribution in [0.1, 0.15) is 129 Å². The van der Waals surface area contributed by atoms with E-state index in [0.717, 1.165) is 100 Å². The predicted molar refractivity (Wildman–Crippen MR) is 255 cm³/mol. The van der Waals surface area contributed by atoms with E-state index in [1.54, 1.807) is 21.3 Å². The van der Waals surface area contributed by atoms with Crippen molar-refractivity contribution in [2.75, 3.05) is 41.5 Å². The molecule has 12 aliphatic rings. The minimum absolute atomic E-state index is 0. The first kappa shape index (κ1) is 89.1. The van der Waals surface area contributed by atoms with Crippen LogP contribution in [0.2, 0.25) is 0 Å². The van der Waals surface area contributed by atoms with E-state index < -0.39 is 22.4 Å². The number of ether oxygens (including phenoxy) is 6. The molecule has 24 heteroatoms. The van der Waals surface area contributed by atoms with Gasteiger partial charge in [-0.2, -0.15) is 5.26 Å². The molecule has 14 rings (SSSR count). The summed E-state index contributed by atoms with van der Waals surface area (Å²) in [4.78, 5) is 2.03. The Balaban J connectivity index is -0.00000122. The fourth-order valence-electron chi connectivity index (χ4n) is 17.6. The van der Waals surface area contributed by atoms with Gasteiger partial charge in [-0.25, -0.2) is 0 Å². The van der Waals surface area contributed by atoms with Gasteiger partial charge in [-0.1, -0.05) is 53.7 Å². The number of benzene rings is 2. The molecular weight excluding hydrogens is 3030 g/mol. The van der Waals surface area contributed by atoms with Crippen molar-refractivity contribution in [2.45, 2.75) is 177 Å². The molecule has 2 saturated heterocycles.